The summed E-state index contributed by atoms with van der Waals surface area (Å²) in [5.74, 6) is -0.0755. The van der Waals surface area contributed by atoms with Crippen LogP contribution in [0.4, 0.5) is 0 Å². The molecule has 0 aliphatic heterocycles. The van der Waals surface area contributed by atoms with Gasteiger partial charge in [-0.1, -0.05) is 18.7 Å². The number of nitrogens with one attached hydrogen (secondary N) is 1. The van der Waals surface area contributed by atoms with Gasteiger partial charge in [0.15, 0.2) is 5.16 Å². The van der Waals surface area contributed by atoms with E-state index in [1.54, 1.807) is 7.11 Å². The van der Waals surface area contributed by atoms with Crippen LogP contribution in [0.25, 0.3) is 11.0 Å². The Balaban J connectivity index is 2.27. The summed E-state index contributed by atoms with van der Waals surface area (Å²) in [6.45, 7) is 1.84. The van der Waals surface area contributed by atoms with Gasteiger partial charge < -0.3 is 14.8 Å². The molecule has 2 rings (SSSR count). The molecule has 0 spiro atoms. The predicted octanol–water partition coefficient (Wildman–Crippen LogP) is 2.53. The van der Waals surface area contributed by atoms with E-state index >= 15 is 0 Å². The first kappa shape index (κ1) is 12.8. The largest absolute Gasteiger partial charge is 0.497 e. The number of H-pyrrole nitrogens is 1. The van der Waals surface area contributed by atoms with E-state index in [1.807, 2.05) is 25.1 Å². The van der Waals surface area contributed by atoms with Gasteiger partial charge in [0, 0.05) is 6.07 Å². The number of carboxylic acid groups (broad SMARTS) is 1. The number of carbonyl (C=O) groups is 1. The van der Waals surface area contributed by atoms with Crippen molar-refractivity contribution in [2.45, 2.75) is 23.8 Å². The Labute approximate surface area is 109 Å². The third-order valence-electron chi connectivity index (χ3n) is 2.57. The molecule has 5 nitrogen and oxygen atoms in total. The van der Waals surface area contributed by atoms with Gasteiger partial charge in [-0.05, 0) is 18.6 Å². The average Bonchev–Trinajstić information content (AvgIpc) is 2.76. The van der Waals surface area contributed by atoms with Crippen molar-refractivity contribution >= 4 is 28.8 Å². The van der Waals surface area contributed by atoms with Crippen molar-refractivity contribution in [2.24, 2.45) is 0 Å². The van der Waals surface area contributed by atoms with Crippen LogP contribution in [0.2, 0.25) is 0 Å². The van der Waals surface area contributed by atoms with E-state index in [0.29, 0.717) is 11.6 Å². The van der Waals surface area contributed by atoms with Crippen molar-refractivity contribution in [3.63, 3.8) is 0 Å². The molecule has 0 aliphatic carbocycles. The molecule has 6 heteroatoms. The topological polar surface area (TPSA) is 75.2 Å². The van der Waals surface area contributed by atoms with Crippen LogP contribution in [-0.4, -0.2) is 33.4 Å². The number of aromatic nitrogens is 2. The number of nitrogens with zero attached hydrogens (tertiary/aromatic N) is 1. The summed E-state index contributed by atoms with van der Waals surface area (Å²) in [7, 11) is 1.60. The number of fused-ring (bicyclic) bond motifs is 1. The first-order valence-electron chi connectivity index (χ1n) is 5.57. The van der Waals surface area contributed by atoms with Crippen LogP contribution in [0, 0.1) is 0 Å². The summed E-state index contributed by atoms with van der Waals surface area (Å²) in [5, 5.41) is 9.15. The van der Waals surface area contributed by atoms with Crippen LogP contribution in [0.15, 0.2) is 23.4 Å². The van der Waals surface area contributed by atoms with Crippen molar-refractivity contribution in [3.8, 4) is 5.75 Å². The molecule has 0 radical (unpaired) electrons. The number of rotatable bonds is 5. The highest BCUT2D eigenvalue weighted by molar-refractivity contribution is 8.00. The lowest BCUT2D eigenvalue weighted by molar-refractivity contribution is -0.136. The van der Waals surface area contributed by atoms with Crippen LogP contribution < -0.4 is 4.74 Å². The van der Waals surface area contributed by atoms with Gasteiger partial charge in [0.1, 0.15) is 11.0 Å². The Morgan fingerprint density at radius 2 is 2.39 bits per heavy atom. The number of ether oxygens (including phenoxy) is 1. The lowest BCUT2D eigenvalue weighted by Crippen LogP contribution is -2.14. The minimum atomic E-state index is -0.819. The maximum absolute atomic E-state index is 11.0. The van der Waals surface area contributed by atoms with Gasteiger partial charge in [0.25, 0.3) is 0 Å². The second-order valence-corrected chi connectivity index (χ2v) is 4.97. The smallest absolute Gasteiger partial charge is 0.317 e. The Morgan fingerprint density at radius 1 is 1.61 bits per heavy atom. The molecule has 0 saturated carbocycles. The molecule has 1 aromatic heterocycles. The van der Waals surface area contributed by atoms with Gasteiger partial charge in [-0.3, -0.25) is 4.79 Å². The molecule has 96 valence electrons. The molecule has 2 aromatic rings. The van der Waals surface area contributed by atoms with Gasteiger partial charge in [-0.2, -0.15) is 0 Å². The Bertz CT molecular complexity index is 567. The molecule has 0 amide bonds. The highest BCUT2D eigenvalue weighted by Gasteiger charge is 2.18. The van der Waals surface area contributed by atoms with E-state index in [-0.39, 0.29) is 0 Å². The lowest BCUT2D eigenvalue weighted by atomic mass is 10.3. The Hall–Kier alpha value is -1.69. The third kappa shape index (κ3) is 2.59. The number of thioether (sulfide) groups is 1. The minimum Gasteiger partial charge on any atom is -0.497 e. The normalized spacial score (nSPS) is 12.6. The summed E-state index contributed by atoms with van der Waals surface area (Å²) in [5.41, 5.74) is 1.65. The SMILES string of the molecule is CCC(Sc1nc2ccc(OC)cc2[nH]1)C(=O)O. The first-order valence-corrected chi connectivity index (χ1v) is 6.45. The quantitative estimate of drug-likeness (QED) is 0.813. The number of carboxylic acids is 1. The van der Waals surface area contributed by atoms with Crippen molar-refractivity contribution < 1.29 is 14.6 Å². The van der Waals surface area contributed by atoms with E-state index in [0.717, 1.165) is 16.8 Å². The van der Waals surface area contributed by atoms with Gasteiger partial charge in [0.05, 0.1) is 18.1 Å². The van der Waals surface area contributed by atoms with Crippen LogP contribution in [-0.2, 0) is 4.79 Å². The highest BCUT2D eigenvalue weighted by Crippen LogP contribution is 2.27. The standard InChI is InChI=1S/C12H14N2O3S/c1-3-10(11(15)16)18-12-13-8-5-4-7(17-2)6-9(8)14-12/h4-6,10H,3H2,1-2H3,(H,13,14)(H,15,16). The molecular weight excluding hydrogens is 252 g/mol. The average molecular weight is 266 g/mol. The lowest BCUT2D eigenvalue weighted by Gasteiger charge is -2.05. The van der Waals surface area contributed by atoms with Crippen LogP contribution in [0.5, 0.6) is 5.75 Å². The minimum absolute atomic E-state index is 0.479. The molecule has 2 N–H and O–H groups in total. The molecule has 1 heterocycles. The molecular formula is C12H14N2O3S. The van der Waals surface area contributed by atoms with Crippen molar-refractivity contribution in [1.82, 2.24) is 9.97 Å². The summed E-state index contributed by atoms with van der Waals surface area (Å²) >= 11 is 1.23. The Kier molecular flexibility index (Phi) is 3.76. The molecule has 1 unspecified atom stereocenters. The van der Waals surface area contributed by atoms with E-state index in [4.69, 9.17) is 9.84 Å². The summed E-state index contributed by atoms with van der Waals surface area (Å²) < 4.78 is 5.12. The maximum atomic E-state index is 11.0. The van der Waals surface area contributed by atoms with Gasteiger partial charge >= 0.3 is 5.97 Å². The number of methoxy groups -OCH3 is 1. The van der Waals surface area contributed by atoms with Crippen molar-refractivity contribution in [3.05, 3.63) is 18.2 Å². The zero-order valence-corrected chi connectivity index (χ0v) is 11.0. The number of aliphatic carboxylic acids is 1. The summed E-state index contributed by atoms with van der Waals surface area (Å²) in [4.78, 5) is 18.4. The molecule has 1 aromatic carbocycles. The van der Waals surface area contributed by atoms with Crippen molar-refractivity contribution in [1.29, 1.82) is 0 Å². The fourth-order valence-corrected chi connectivity index (χ4v) is 2.45. The van der Waals surface area contributed by atoms with Gasteiger partial charge in [0.2, 0.25) is 0 Å². The fourth-order valence-electron chi connectivity index (χ4n) is 1.59. The molecule has 0 fully saturated rings. The monoisotopic (exact) mass is 266 g/mol. The number of aromatic amines is 1. The second kappa shape index (κ2) is 5.30. The summed E-state index contributed by atoms with van der Waals surface area (Å²) in [6, 6.07) is 5.51. The van der Waals surface area contributed by atoms with Crippen LogP contribution in [0.1, 0.15) is 13.3 Å². The maximum Gasteiger partial charge on any atom is 0.317 e. The number of hydrogen-bond acceptors (Lipinski definition) is 4. The first-order chi connectivity index (χ1) is 8.63. The molecule has 1 atom stereocenters. The van der Waals surface area contributed by atoms with E-state index in [2.05, 4.69) is 9.97 Å². The van der Waals surface area contributed by atoms with Gasteiger partial charge in [-0.25, -0.2) is 4.98 Å². The number of imidazole rings is 1. The molecule has 0 bridgehead atoms. The van der Waals surface area contributed by atoms with Crippen LogP contribution in [0.3, 0.4) is 0 Å². The number of benzene rings is 1. The third-order valence-corrected chi connectivity index (χ3v) is 3.80. The van der Waals surface area contributed by atoms with Gasteiger partial charge in [-0.15, -0.1) is 0 Å². The molecule has 0 aliphatic rings. The number of hydrogen-bond donors (Lipinski definition) is 2. The second-order valence-electron chi connectivity index (χ2n) is 3.78. The van der Waals surface area contributed by atoms with Crippen molar-refractivity contribution in [2.75, 3.05) is 7.11 Å². The molecule has 0 saturated heterocycles. The van der Waals surface area contributed by atoms with E-state index in [9.17, 15) is 4.79 Å². The predicted molar refractivity (Wildman–Crippen MR) is 70.2 cm³/mol. The molecule has 18 heavy (non-hydrogen) atoms. The zero-order chi connectivity index (χ0) is 13.1. The summed E-state index contributed by atoms with van der Waals surface area (Å²) in [6.07, 6.45) is 0.556. The fraction of sp³-hybridized carbons (Fsp3) is 0.333. The van der Waals surface area contributed by atoms with E-state index in [1.165, 1.54) is 11.8 Å². The van der Waals surface area contributed by atoms with Crippen LogP contribution >= 0.6 is 11.8 Å². The zero-order valence-electron chi connectivity index (χ0n) is 10.1. The van der Waals surface area contributed by atoms with E-state index < -0.39 is 11.2 Å². The highest BCUT2D eigenvalue weighted by atomic mass is 32.2. The Morgan fingerprint density at radius 3 is 3.00 bits per heavy atom.